The van der Waals surface area contributed by atoms with Crippen molar-refractivity contribution in [2.75, 3.05) is 42.9 Å². The summed E-state index contributed by atoms with van der Waals surface area (Å²) in [6.45, 7) is 9.32. The molecule has 6 heteroatoms. The lowest BCUT2D eigenvalue weighted by Gasteiger charge is -2.36. The highest BCUT2D eigenvalue weighted by atomic mass is 16.1. The quantitative estimate of drug-likeness (QED) is 0.699. The summed E-state index contributed by atoms with van der Waals surface area (Å²) in [5.41, 5.74) is 4.53. The maximum absolute atomic E-state index is 12.2. The van der Waals surface area contributed by atoms with Crippen LogP contribution in [-0.2, 0) is 16.6 Å². The van der Waals surface area contributed by atoms with Crippen molar-refractivity contribution in [3.8, 4) is 0 Å². The summed E-state index contributed by atoms with van der Waals surface area (Å²) in [7, 11) is 0. The summed E-state index contributed by atoms with van der Waals surface area (Å²) >= 11 is 0. The number of amides is 1. The zero-order chi connectivity index (χ0) is 20.7. The van der Waals surface area contributed by atoms with Crippen molar-refractivity contribution in [1.82, 2.24) is 15.1 Å². The molecule has 1 aromatic heterocycles. The smallest absolute Gasteiger partial charge is 0.225 e. The summed E-state index contributed by atoms with van der Waals surface area (Å²) in [5.74, 6) is 1.19. The molecule has 6 nitrogen and oxygen atoms in total. The van der Waals surface area contributed by atoms with Gasteiger partial charge in [0, 0.05) is 55.6 Å². The molecule has 1 saturated heterocycles. The van der Waals surface area contributed by atoms with Gasteiger partial charge in [0.05, 0.1) is 5.52 Å². The summed E-state index contributed by atoms with van der Waals surface area (Å²) in [6, 6.07) is 14.8. The van der Waals surface area contributed by atoms with Gasteiger partial charge in [-0.3, -0.25) is 14.8 Å². The van der Waals surface area contributed by atoms with E-state index in [1.165, 1.54) is 16.5 Å². The molecule has 0 unspecified atom stereocenters. The van der Waals surface area contributed by atoms with Crippen LogP contribution < -0.4 is 10.2 Å². The Labute approximate surface area is 177 Å². The van der Waals surface area contributed by atoms with Gasteiger partial charge in [-0.25, -0.2) is 0 Å². The minimum absolute atomic E-state index is 0.106. The van der Waals surface area contributed by atoms with Crippen LogP contribution in [0.1, 0.15) is 31.4 Å². The molecule has 156 valence electrons. The van der Waals surface area contributed by atoms with Crippen LogP contribution in [-0.4, -0.2) is 53.7 Å². The monoisotopic (exact) mass is 403 g/mol. The van der Waals surface area contributed by atoms with E-state index >= 15 is 0 Å². The standard InChI is InChI=1S/C24H29N5O/c1-24(2)16-21(30)25-22-17(6-5-8-19(22)24)10-11-28-12-14-29(15-13-28)23-18-7-3-4-9-20(18)26-27-23/h3-9H,10-16H2,1-2H3,(H,25,30)(H,26,27). The van der Waals surface area contributed by atoms with E-state index in [2.05, 4.69) is 75.6 Å². The number of hydrogen-bond donors (Lipinski definition) is 2. The number of aromatic amines is 1. The second-order valence-corrected chi connectivity index (χ2v) is 9.12. The van der Waals surface area contributed by atoms with Crippen LogP contribution in [0.5, 0.6) is 0 Å². The Hall–Kier alpha value is -2.86. The number of aromatic nitrogens is 2. The largest absolute Gasteiger partial charge is 0.352 e. The Kier molecular flexibility index (Phi) is 4.74. The molecule has 1 amide bonds. The lowest BCUT2D eigenvalue weighted by Crippen LogP contribution is -2.47. The van der Waals surface area contributed by atoms with Gasteiger partial charge >= 0.3 is 0 Å². The molecular formula is C24H29N5O. The molecule has 3 heterocycles. The van der Waals surface area contributed by atoms with Gasteiger partial charge in [0.15, 0.2) is 5.82 Å². The van der Waals surface area contributed by atoms with E-state index in [1.807, 2.05) is 6.07 Å². The maximum atomic E-state index is 12.2. The third-order valence-electron chi connectivity index (χ3n) is 6.57. The van der Waals surface area contributed by atoms with Gasteiger partial charge in [0.2, 0.25) is 5.91 Å². The van der Waals surface area contributed by atoms with Crippen LogP contribution in [0.25, 0.3) is 10.9 Å². The molecule has 0 aliphatic carbocycles. The van der Waals surface area contributed by atoms with Crippen molar-refractivity contribution in [3.63, 3.8) is 0 Å². The third kappa shape index (κ3) is 3.45. The first-order valence-electron chi connectivity index (χ1n) is 10.8. The molecule has 1 fully saturated rings. The fourth-order valence-corrected chi connectivity index (χ4v) is 4.85. The van der Waals surface area contributed by atoms with Crippen LogP contribution in [0, 0.1) is 0 Å². The van der Waals surface area contributed by atoms with E-state index in [4.69, 9.17) is 0 Å². The highest BCUT2D eigenvalue weighted by Crippen LogP contribution is 2.39. The van der Waals surface area contributed by atoms with Crippen LogP contribution in [0.4, 0.5) is 11.5 Å². The number of hydrogen-bond acceptors (Lipinski definition) is 4. The van der Waals surface area contributed by atoms with E-state index in [-0.39, 0.29) is 11.3 Å². The molecule has 30 heavy (non-hydrogen) atoms. The number of nitrogens with zero attached hydrogens (tertiary/aromatic N) is 3. The second-order valence-electron chi connectivity index (χ2n) is 9.12. The molecule has 2 aromatic carbocycles. The van der Waals surface area contributed by atoms with Crippen molar-refractivity contribution in [1.29, 1.82) is 0 Å². The Balaban J connectivity index is 1.24. The van der Waals surface area contributed by atoms with Gasteiger partial charge in [0.25, 0.3) is 0 Å². The summed E-state index contributed by atoms with van der Waals surface area (Å²) in [5, 5.41) is 12.0. The lowest BCUT2D eigenvalue weighted by atomic mass is 9.77. The minimum atomic E-state index is -0.106. The van der Waals surface area contributed by atoms with Crippen molar-refractivity contribution in [2.24, 2.45) is 0 Å². The number of para-hydroxylation sites is 2. The van der Waals surface area contributed by atoms with Crippen molar-refractivity contribution in [2.45, 2.75) is 32.1 Å². The average molecular weight is 404 g/mol. The first kappa shape index (κ1) is 19.1. The zero-order valence-corrected chi connectivity index (χ0v) is 17.7. The molecule has 5 rings (SSSR count). The van der Waals surface area contributed by atoms with Crippen molar-refractivity contribution < 1.29 is 4.79 Å². The normalized spacial score (nSPS) is 19.0. The van der Waals surface area contributed by atoms with E-state index in [0.717, 1.165) is 56.2 Å². The SMILES string of the molecule is CC1(C)CC(=O)Nc2c(CCN3CCN(c4n[nH]c5ccccc45)CC3)cccc21. The number of fused-ring (bicyclic) bond motifs is 2. The Bertz CT molecular complexity index is 1080. The third-order valence-corrected chi connectivity index (χ3v) is 6.57. The molecule has 2 N–H and O–H groups in total. The summed E-state index contributed by atoms with van der Waals surface area (Å²) in [4.78, 5) is 17.1. The molecular weight excluding hydrogens is 374 g/mol. The predicted octanol–water partition coefficient (Wildman–Crippen LogP) is 3.55. The Morgan fingerprint density at radius 2 is 1.83 bits per heavy atom. The number of rotatable bonds is 4. The first-order valence-corrected chi connectivity index (χ1v) is 10.8. The fourth-order valence-electron chi connectivity index (χ4n) is 4.85. The van der Waals surface area contributed by atoms with Gasteiger partial charge in [-0.1, -0.05) is 44.2 Å². The molecule has 2 aliphatic rings. The van der Waals surface area contributed by atoms with Crippen LogP contribution in [0.3, 0.4) is 0 Å². The summed E-state index contributed by atoms with van der Waals surface area (Å²) in [6.07, 6.45) is 1.50. The number of carbonyl (C=O) groups excluding carboxylic acids is 1. The highest BCUT2D eigenvalue weighted by Gasteiger charge is 2.33. The number of nitrogens with one attached hydrogen (secondary N) is 2. The van der Waals surface area contributed by atoms with Crippen LogP contribution >= 0.6 is 0 Å². The molecule has 2 aliphatic heterocycles. The van der Waals surface area contributed by atoms with Crippen molar-refractivity contribution >= 4 is 28.3 Å². The number of carbonyl (C=O) groups is 1. The zero-order valence-electron chi connectivity index (χ0n) is 17.7. The van der Waals surface area contributed by atoms with E-state index in [9.17, 15) is 4.79 Å². The molecule has 0 saturated carbocycles. The van der Waals surface area contributed by atoms with Gasteiger partial charge in [-0.15, -0.1) is 0 Å². The molecule has 0 bridgehead atoms. The summed E-state index contributed by atoms with van der Waals surface area (Å²) < 4.78 is 0. The number of piperazine rings is 1. The molecule has 0 atom stereocenters. The molecule has 0 spiro atoms. The Morgan fingerprint density at radius 3 is 2.67 bits per heavy atom. The van der Waals surface area contributed by atoms with Crippen LogP contribution in [0.2, 0.25) is 0 Å². The van der Waals surface area contributed by atoms with E-state index in [1.54, 1.807) is 0 Å². The number of anilines is 2. The van der Waals surface area contributed by atoms with Gasteiger partial charge in [-0.05, 0) is 29.7 Å². The molecule has 3 aromatic rings. The Morgan fingerprint density at radius 1 is 1.03 bits per heavy atom. The maximum Gasteiger partial charge on any atom is 0.225 e. The second kappa shape index (κ2) is 7.43. The number of benzene rings is 2. The van der Waals surface area contributed by atoms with Crippen molar-refractivity contribution in [3.05, 3.63) is 53.6 Å². The lowest BCUT2D eigenvalue weighted by molar-refractivity contribution is -0.117. The topological polar surface area (TPSA) is 64.3 Å². The van der Waals surface area contributed by atoms with Crippen LogP contribution in [0.15, 0.2) is 42.5 Å². The number of H-pyrrole nitrogens is 1. The average Bonchev–Trinajstić information content (AvgIpc) is 3.16. The fraction of sp³-hybridized carbons (Fsp3) is 0.417. The van der Waals surface area contributed by atoms with E-state index in [0.29, 0.717) is 6.42 Å². The molecule has 0 radical (unpaired) electrons. The first-order chi connectivity index (χ1) is 14.5. The van der Waals surface area contributed by atoms with Gasteiger partial charge < -0.3 is 10.2 Å². The van der Waals surface area contributed by atoms with Gasteiger partial charge in [-0.2, -0.15) is 5.10 Å². The highest BCUT2D eigenvalue weighted by molar-refractivity contribution is 5.96. The minimum Gasteiger partial charge on any atom is -0.352 e. The predicted molar refractivity (Wildman–Crippen MR) is 121 cm³/mol. The van der Waals surface area contributed by atoms with Gasteiger partial charge in [0.1, 0.15) is 0 Å². The van der Waals surface area contributed by atoms with E-state index < -0.39 is 0 Å².